The Morgan fingerprint density at radius 2 is 2.00 bits per heavy atom. The fraction of sp³-hybridized carbons (Fsp3) is 0.360. The molecule has 182 valence electrons. The van der Waals surface area contributed by atoms with E-state index in [1.54, 1.807) is 23.1 Å². The maximum atomic E-state index is 13.5. The van der Waals surface area contributed by atoms with Gasteiger partial charge in [0.15, 0.2) is 11.0 Å². The van der Waals surface area contributed by atoms with Crippen molar-refractivity contribution < 1.29 is 18.7 Å². The first kappa shape index (κ1) is 23.5. The van der Waals surface area contributed by atoms with Crippen molar-refractivity contribution in [3.63, 3.8) is 0 Å². The molecular formula is C25H26FN5O3S. The molecule has 8 nitrogen and oxygen atoms in total. The number of amides is 2. The van der Waals surface area contributed by atoms with Crippen LogP contribution in [0.25, 0.3) is 11.4 Å². The average molecular weight is 496 g/mol. The van der Waals surface area contributed by atoms with E-state index in [0.29, 0.717) is 28.9 Å². The second-order valence-electron chi connectivity index (χ2n) is 8.73. The Morgan fingerprint density at radius 3 is 2.77 bits per heavy atom. The van der Waals surface area contributed by atoms with Crippen LogP contribution in [0.2, 0.25) is 0 Å². The molecule has 1 fully saturated rings. The number of hydrogen-bond donors (Lipinski definition) is 1. The summed E-state index contributed by atoms with van der Waals surface area (Å²) in [6, 6.07) is 13.2. The highest BCUT2D eigenvalue weighted by atomic mass is 32.2. The van der Waals surface area contributed by atoms with Gasteiger partial charge in [0.1, 0.15) is 5.82 Å². The molecule has 2 aromatic carbocycles. The molecule has 2 aliphatic heterocycles. The molecule has 1 aromatic heterocycles. The van der Waals surface area contributed by atoms with E-state index in [2.05, 4.69) is 15.5 Å². The number of hydrogen-bond acceptors (Lipinski definition) is 6. The SMILES string of the molecule is C[C@@H]1CC(=O)Nc2ccccc2N1C(=O)CSc1nnc(-c2ccc(F)cc2)n1C[C@H]1CCCO1. The van der Waals surface area contributed by atoms with Crippen LogP contribution in [-0.2, 0) is 20.9 Å². The second-order valence-corrected chi connectivity index (χ2v) is 9.67. The molecule has 2 atom stereocenters. The standard InChI is InChI=1S/C25H26FN5O3S/c1-16-13-22(32)27-20-6-2-3-7-21(20)31(16)23(33)15-35-25-29-28-24(17-8-10-18(26)11-9-17)30(25)14-19-5-4-12-34-19/h2-3,6-11,16,19H,4-5,12-15H2,1H3,(H,27,32)/t16-,19-/m1/s1. The number of para-hydroxylation sites is 2. The molecule has 1 N–H and O–H groups in total. The van der Waals surface area contributed by atoms with Crippen molar-refractivity contribution in [1.29, 1.82) is 0 Å². The van der Waals surface area contributed by atoms with Crippen LogP contribution in [0, 0.1) is 5.82 Å². The van der Waals surface area contributed by atoms with E-state index in [9.17, 15) is 14.0 Å². The van der Waals surface area contributed by atoms with Gasteiger partial charge in [-0.1, -0.05) is 23.9 Å². The highest BCUT2D eigenvalue weighted by Gasteiger charge is 2.30. The van der Waals surface area contributed by atoms with Gasteiger partial charge in [-0.2, -0.15) is 0 Å². The van der Waals surface area contributed by atoms with Gasteiger partial charge in [-0.3, -0.25) is 14.2 Å². The first-order valence-electron chi connectivity index (χ1n) is 11.6. The summed E-state index contributed by atoms with van der Waals surface area (Å²) < 4.78 is 21.3. The van der Waals surface area contributed by atoms with Crippen LogP contribution in [0.3, 0.4) is 0 Å². The van der Waals surface area contributed by atoms with Crippen molar-refractivity contribution in [1.82, 2.24) is 14.8 Å². The molecule has 0 spiro atoms. The van der Waals surface area contributed by atoms with Crippen molar-refractivity contribution in [3.8, 4) is 11.4 Å². The van der Waals surface area contributed by atoms with Crippen LogP contribution >= 0.6 is 11.8 Å². The number of anilines is 2. The smallest absolute Gasteiger partial charge is 0.237 e. The summed E-state index contributed by atoms with van der Waals surface area (Å²) in [6.45, 7) is 3.15. The molecule has 3 aromatic rings. The van der Waals surface area contributed by atoms with Gasteiger partial charge in [0.05, 0.1) is 29.8 Å². The molecule has 10 heteroatoms. The molecule has 2 aliphatic rings. The minimum absolute atomic E-state index is 0.0369. The number of rotatable bonds is 6. The van der Waals surface area contributed by atoms with Gasteiger partial charge in [0.25, 0.3) is 0 Å². The Morgan fingerprint density at radius 1 is 1.20 bits per heavy atom. The lowest BCUT2D eigenvalue weighted by atomic mass is 10.2. The summed E-state index contributed by atoms with van der Waals surface area (Å²) in [5.74, 6) is 0.173. The van der Waals surface area contributed by atoms with Gasteiger partial charge in [-0.25, -0.2) is 4.39 Å². The molecular weight excluding hydrogens is 469 g/mol. The van der Waals surface area contributed by atoms with E-state index in [0.717, 1.165) is 25.0 Å². The molecule has 0 saturated carbocycles. The summed E-state index contributed by atoms with van der Waals surface area (Å²) in [5, 5.41) is 12.2. The van der Waals surface area contributed by atoms with E-state index in [1.165, 1.54) is 23.9 Å². The van der Waals surface area contributed by atoms with Gasteiger partial charge >= 0.3 is 0 Å². The normalized spacial score (nSPS) is 19.8. The van der Waals surface area contributed by atoms with Gasteiger partial charge < -0.3 is 15.0 Å². The largest absolute Gasteiger partial charge is 0.376 e. The molecule has 3 heterocycles. The number of benzene rings is 2. The third-order valence-electron chi connectivity index (χ3n) is 6.18. The van der Waals surface area contributed by atoms with Crippen LogP contribution in [0.1, 0.15) is 26.2 Å². The fourth-order valence-corrected chi connectivity index (χ4v) is 5.34. The zero-order valence-electron chi connectivity index (χ0n) is 19.3. The summed E-state index contributed by atoms with van der Waals surface area (Å²) in [5.41, 5.74) is 2.05. The molecule has 1 saturated heterocycles. The molecule has 2 amide bonds. The van der Waals surface area contributed by atoms with Crippen molar-refractivity contribution in [3.05, 3.63) is 54.3 Å². The maximum Gasteiger partial charge on any atom is 0.237 e. The Balaban J connectivity index is 1.39. The quantitative estimate of drug-likeness (QED) is 0.518. The second kappa shape index (κ2) is 10.2. The first-order valence-corrected chi connectivity index (χ1v) is 12.6. The number of nitrogens with zero attached hydrogens (tertiary/aromatic N) is 4. The van der Waals surface area contributed by atoms with Gasteiger partial charge in [-0.15, -0.1) is 10.2 Å². The maximum absolute atomic E-state index is 13.5. The summed E-state index contributed by atoms with van der Waals surface area (Å²) in [6.07, 6.45) is 2.19. The Kier molecular flexibility index (Phi) is 6.83. The number of thioether (sulfide) groups is 1. The minimum Gasteiger partial charge on any atom is -0.376 e. The average Bonchev–Trinajstić information content (AvgIpc) is 3.47. The Bertz CT molecular complexity index is 1230. The number of carbonyl (C=O) groups is 2. The van der Waals surface area contributed by atoms with E-state index >= 15 is 0 Å². The molecule has 0 unspecified atom stereocenters. The van der Waals surface area contributed by atoms with E-state index in [1.807, 2.05) is 29.7 Å². The Hall–Kier alpha value is -3.24. The topological polar surface area (TPSA) is 89.4 Å². The molecule has 0 bridgehead atoms. The molecule has 0 aliphatic carbocycles. The lowest BCUT2D eigenvalue weighted by Gasteiger charge is -2.27. The van der Waals surface area contributed by atoms with Crippen LogP contribution in [0.15, 0.2) is 53.7 Å². The number of halogens is 1. The van der Waals surface area contributed by atoms with Crippen LogP contribution in [-0.4, -0.2) is 51.1 Å². The predicted molar refractivity (Wildman–Crippen MR) is 132 cm³/mol. The van der Waals surface area contributed by atoms with Crippen molar-refractivity contribution >= 4 is 35.0 Å². The van der Waals surface area contributed by atoms with Crippen molar-refractivity contribution in [2.45, 2.75) is 50.0 Å². The monoisotopic (exact) mass is 495 g/mol. The lowest BCUT2D eigenvalue weighted by molar-refractivity contribution is -0.117. The zero-order valence-corrected chi connectivity index (χ0v) is 20.1. The predicted octanol–water partition coefficient (Wildman–Crippen LogP) is 4.12. The van der Waals surface area contributed by atoms with Gasteiger partial charge in [0.2, 0.25) is 11.8 Å². The summed E-state index contributed by atoms with van der Waals surface area (Å²) in [4.78, 5) is 27.4. The van der Waals surface area contributed by atoms with Gasteiger partial charge in [0, 0.05) is 24.6 Å². The Labute approximate surface area is 206 Å². The summed E-state index contributed by atoms with van der Waals surface area (Å²) >= 11 is 1.30. The minimum atomic E-state index is -0.320. The van der Waals surface area contributed by atoms with E-state index in [4.69, 9.17) is 4.74 Å². The number of fused-ring (bicyclic) bond motifs is 1. The third-order valence-corrected chi connectivity index (χ3v) is 7.13. The number of carbonyl (C=O) groups excluding carboxylic acids is 2. The number of ether oxygens (including phenoxy) is 1. The van der Waals surface area contributed by atoms with E-state index < -0.39 is 0 Å². The summed E-state index contributed by atoms with van der Waals surface area (Å²) in [7, 11) is 0. The lowest BCUT2D eigenvalue weighted by Crippen LogP contribution is -2.40. The number of aromatic nitrogens is 3. The fourth-order valence-electron chi connectivity index (χ4n) is 4.53. The molecule has 0 radical (unpaired) electrons. The van der Waals surface area contributed by atoms with Crippen LogP contribution in [0.4, 0.5) is 15.8 Å². The highest BCUT2D eigenvalue weighted by Crippen LogP contribution is 2.33. The van der Waals surface area contributed by atoms with Crippen LogP contribution < -0.4 is 10.2 Å². The zero-order chi connectivity index (χ0) is 24.4. The van der Waals surface area contributed by atoms with Crippen LogP contribution in [0.5, 0.6) is 0 Å². The van der Waals surface area contributed by atoms with Crippen molar-refractivity contribution in [2.24, 2.45) is 0 Å². The van der Waals surface area contributed by atoms with Crippen molar-refractivity contribution in [2.75, 3.05) is 22.6 Å². The molecule has 35 heavy (non-hydrogen) atoms. The third kappa shape index (κ3) is 5.08. The number of nitrogens with one attached hydrogen (secondary N) is 1. The first-order chi connectivity index (χ1) is 17.0. The molecule has 5 rings (SSSR count). The highest BCUT2D eigenvalue weighted by molar-refractivity contribution is 7.99. The van der Waals surface area contributed by atoms with Gasteiger partial charge in [-0.05, 0) is 56.2 Å². The van der Waals surface area contributed by atoms with E-state index in [-0.39, 0.29) is 42.0 Å².